The van der Waals surface area contributed by atoms with Crippen LogP contribution in [-0.2, 0) is 13.0 Å². The summed E-state index contributed by atoms with van der Waals surface area (Å²) in [5.41, 5.74) is 10.8. The topological polar surface area (TPSA) is 72.9 Å². The summed E-state index contributed by atoms with van der Waals surface area (Å²) in [5.74, 6) is -0.142. The Labute approximate surface area is 125 Å². The molecule has 21 heavy (non-hydrogen) atoms. The highest BCUT2D eigenvalue weighted by molar-refractivity contribution is 6.03. The van der Waals surface area contributed by atoms with Crippen molar-refractivity contribution >= 4 is 17.3 Å². The predicted molar refractivity (Wildman–Crippen MR) is 85.6 cm³/mol. The van der Waals surface area contributed by atoms with Crippen molar-refractivity contribution in [3.63, 3.8) is 0 Å². The summed E-state index contributed by atoms with van der Waals surface area (Å²) in [4.78, 5) is 12.5. The van der Waals surface area contributed by atoms with Crippen molar-refractivity contribution in [3.8, 4) is 0 Å². The molecule has 5 nitrogen and oxygen atoms in total. The van der Waals surface area contributed by atoms with Crippen LogP contribution < -0.4 is 11.1 Å². The van der Waals surface area contributed by atoms with E-state index in [2.05, 4.69) is 10.4 Å². The number of aryl methyl sites for hydroxylation is 4. The van der Waals surface area contributed by atoms with Gasteiger partial charge in [-0.1, -0.05) is 6.92 Å². The number of benzene rings is 1. The minimum atomic E-state index is -0.142. The zero-order valence-electron chi connectivity index (χ0n) is 13.0. The van der Waals surface area contributed by atoms with Gasteiger partial charge in [-0.05, 0) is 56.5 Å². The van der Waals surface area contributed by atoms with E-state index in [0.717, 1.165) is 34.6 Å². The summed E-state index contributed by atoms with van der Waals surface area (Å²) in [6, 6.07) is 5.62. The Bertz CT molecular complexity index is 673. The number of carbonyl (C=O) groups excluding carboxylic acids is 1. The van der Waals surface area contributed by atoms with Crippen molar-refractivity contribution in [2.24, 2.45) is 0 Å². The summed E-state index contributed by atoms with van der Waals surface area (Å²) < 4.78 is 1.73. The molecule has 0 aliphatic carbocycles. The number of amides is 1. The van der Waals surface area contributed by atoms with Gasteiger partial charge in [0.1, 0.15) is 5.69 Å². The second-order valence-electron chi connectivity index (χ2n) is 5.17. The van der Waals surface area contributed by atoms with Crippen molar-refractivity contribution in [2.45, 2.75) is 40.7 Å². The molecule has 2 aromatic rings. The van der Waals surface area contributed by atoms with Crippen molar-refractivity contribution in [2.75, 3.05) is 11.1 Å². The summed E-state index contributed by atoms with van der Waals surface area (Å²) in [6.45, 7) is 8.53. The van der Waals surface area contributed by atoms with E-state index in [1.807, 2.05) is 45.9 Å². The molecular weight excluding hydrogens is 264 g/mol. The molecule has 0 radical (unpaired) electrons. The first-order valence-electron chi connectivity index (χ1n) is 7.21. The summed E-state index contributed by atoms with van der Waals surface area (Å²) in [6.07, 6.45) is 0.813. The van der Waals surface area contributed by atoms with Gasteiger partial charge in [-0.15, -0.1) is 0 Å². The van der Waals surface area contributed by atoms with E-state index < -0.39 is 0 Å². The smallest absolute Gasteiger partial charge is 0.273 e. The van der Waals surface area contributed by atoms with Gasteiger partial charge in [0.25, 0.3) is 5.91 Å². The molecular formula is C16H22N4O. The molecule has 1 aromatic heterocycles. The molecule has 5 heteroatoms. The van der Waals surface area contributed by atoms with Crippen LogP contribution >= 0.6 is 0 Å². The SMILES string of the molecule is CCc1cc(C(=O)Nc2cc(C)c(N)cc2C)n(CC)n1. The molecule has 0 bridgehead atoms. The Morgan fingerprint density at radius 3 is 2.57 bits per heavy atom. The number of anilines is 2. The minimum absolute atomic E-state index is 0.142. The highest BCUT2D eigenvalue weighted by Crippen LogP contribution is 2.22. The number of aromatic nitrogens is 2. The van der Waals surface area contributed by atoms with Crippen LogP contribution in [0.2, 0.25) is 0 Å². The van der Waals surface area contributed by atoms with Gasteiger partial charge in [0.2, 0.25) is 0 Å². The second-order valence-corrected chi connectivity index (χ2v) is 5.17. The van der Waals surface area contributed by atoms with Gasteiger partial charge in [0, 0.05) is 17.9 Å². The highest BCUT2D eigenvalue weighted by atomic mass is 16.2. The van der Waals surface area contributed by atoms with Crippen molar-refractivity contribution in [3.05, 3.63) is 40.7 Å². The third-order valence-electron chi connectivity index (χ3n) is 3.59. The summed E-state index contributed by atoms with van der Waals surface area (Å²) in [5, 5.41) is 7.35. The van der Waals surface area contributed by atoms with Crippen LogP contribution in [0.5, 0.6) is 0 Å². The Morgan fingerprint density at radius 1 is 1.24 bits per heavy atom. The van der Waals surface area contributed by atoms with E-state index in [4.69, 9.17) is 5.73 Å². The molecule has 112 valence electrons. The molecule has 1 heterocycles. The lowest BCUT2D eigenvalue weighted by atomic mass is 10.1. The first-order chi connectivity index (χ1) is 9.96. The lowest BCUT2D eigenvalue weighted by molar-refractivity contribution is 0.101. The largest absolute Gasteiger partial charge is 0.399 e. The van der Waals surface area contributed by atoms with Crippen LogP contribution in [-0.4, -0.2) is 15.7 Å². The van der Waals surface area contributed by atoms with Crippen LogP contribution in [0.3, 0.4) is 0 Å². The second kappa shape index (κ2) is 5.99. The molecule has 0 unspecified atom stereocenters. The maximum atomic E-state index is 12.5. The standard InChI is InChI=1S/C16H22N4O/c1-5-12-9-15(20(6-2)19-12)16(21)18-14-8-10(3)13(17)7-11(14)4/h7-9H,5-6,17H2,1-4H3,(H,18,21). The average Bonchev–Trinajstić information content (AvgIpc) is 2.88. The van der Waals surface area contributed by atoms with Crippen LogP contribution in [0.25, 0.3) is 0 Å². The third kappa shape index (κ3) is 3.07. The molecule has 3 N–H and O–H groups in total. The fourth-order valence-corrected chi connectivity index (χ4v) is 2.23. The molecule has 1 aromatic carbocycles. The van der Waals surface area contributed by atoms with Crippen LogP contribution in [0.4, 0.5) is 11.4 Å². The van der Waals surface area contributed by atoms with Crippen molar-refractivity contribution in [1.29, 1.82) is 0 Å². The number of nitrogen functional groups attached to an aromatic ring is 1. The van der Waals surface area contributed by atoms with Crippen LogP contribution in [0.1, 0.15) is 41.2 Å². The summed E-state index contributed by atoms with van der Waals surface area (Å²) in [7, 11) is 0. The average molecular weight is 286 g/mol. The van der Waals surface area contributed by atoms with Crippen LogP contribution in [0.15, 0.2) is 18.2 Å². The first kappa shape index (κ1) is 15.1. The molecule has 0 aliphatic heterocycles. The summed E-state index contributed by atoms with van der Waals surface area (Å²) >= 11 is 0. The molecule has 0 fully saturated rings. The number of hydrogen-bond acceptors (Lipinski definition) is 3. The van der Waals surface area contributed by atoms with Gasteiger partial charge in [-0.2, -0.15) is 5.10 Å². The van der Waals surface area contributed by atoms with E-state index in [-0.39, 0.29) is 5.91 Å². The lowest BCUT2D eigenvalue weighted by Crippen LogP contribution is -2.18. The number of carbonyl (C=O) groups is 1. The van der Waals surface area contributed by atoms with Gasteiger partial charge in [-0.3, -0.25) is 9.48 Å². The lowest BCUT2D eigenvalue weighted by Gasteiger charge is -2.11. The Morgan fingerprint density at radius 2 is 1.95 bits per heavy atom. The van der Waals surface area contributed by atoms with Gasteiger partial charge in [0.15, 0.2) is 0 Å². The van der Waals surface area contributed by atoms with Crippen molar-refractivity contribution < 1.29 is 4.79 Å². The maximum absolute atomic E-state index is 12.5. The molecule has 0 aliphatic rings. The van der Waals surface area contributed by atoms with Gasteiger partial charge in [-0.25, -0.2) is 0 Å². The van der Waals surface area contributed by atoms with Crippen LogP contribution in [0, 0.1) is 13.8 Å². The molecule has 0 atom stereocenters. The number of nitrogens with two attached hydrogens (primary N) is 1. The van der Waals surface area contributed by atoms with Crippen molar-refractivity contribution in [1.82, 2.24) is 9.78 Å². The van der Waals surface area contributed by atoms with E-state index in [9.17, 15) is 4.79 Å². The van der Waals surface area contributed by atoms with E-state index in [0.29, 0.717) is 12.2 Å². The first-order valence-corrected chi connectivity index (χ1v) is 7.21. The molecule has 1 amide bonds. The van der Waals surface area contributed by atoms with E-state index in [1.54, 1.807) is 4.68 Å². The van der Waals surface area contributed by atoms with E-state index in [1.165, 1.54) is 0 Å². The van der Waals surface area contributed by atoms with Gasteiger partial charge < -0.3 is 11.1 Å². The predicted octanol–water partition coefficient (Wildman–Crippen LogP) is 2.92. The number of hydrogen-bond donors (Lipinski definition) is 2. The third-order valence-corrected chi connectivity index (χ3v) is 3.59. The number of nitrogens with one attached hydrogen (secondary N) is 1. The Balaban J connectivity index is 2.30. The minimum Gasteiger partial charge on any atom is -0.399 e. The quantitative estimate of drug-likeness (QED) is 0.849. The van der Waals surface area contributed by atoms with E-state index >= 15 is 0 Å². The zero-order chi connectivity index (χ0) is 15.6. The maximum Gasteiger partial charge on any atom is 0.273 e. The molecule has 0 spiro atoms. The van der Waals surface area contributed by atoms with Gasteiger partial charge >= 0.3 is 0 Å². The van der Waals surface area contributed by atoms with Gasteiger partial charge in [0.05, 0.1) is 5.69 Å². The molecule has 2 rings (SSSR count). The zero-order valence-corrected chi connectivity index (χ0v) is 13.0. The normalized spacial score (nSPS) is 10.7. The Kier molecular flexibility index (Phi) is 4.31. The number of nitrogens with zero attached hydrogens (tertiary/aromatic N) is 2. The molecule has 0 saturated heterocycles. The fraction of sp³-hybridized carbons (Fsp3) is 0.375. The molecule has 0 saturated carbocycles. The monoisotopic (exact) mass is 286 g/mol. The fourth-order valence-electron chi connectivity index (χ4n) is 2.23. The number of rotatable bonds is 4. The highest BCUT2D eigenvalue weighted by Gasteiger charge is 2.15. The Hall–Kier alpha value is -2.30.